The van der Waals surface area contributed by atoms with E-state index in [1.807, 2.05) is 13.8 Å². The Bertz CT molecular complexity index is 735. The predicted octanol–water partition coefficient (Wildman–Crippen LogP) is 5.92. The zero-order chi connectivity index (χ0) is 21.4. The first-order valence-electron chi connectivity index (χ1n) is 10.8. The highest BCUT2D eigenvalue weighted by molar-refractivity contribution is 9.09. The van der Waals surface area contributed by atoms with Gasteiger partial charge in [-0.1, -0.05) is 74.4 Å². The minimum atomic E-state index is -0.322. The van der Waals surface area contributed by atoms with E-state index in [9.17, 15) is 14.4 Å². The second-order valence-corrected chi connectivity index (χ2v) is 9.17. The molecule has 1 aliphatic rings. The third kappa shape index (κ3) is 6.14. The van der Waals surface area contributed by atoms with E-state index in [-0.39, 0.29) is 28.6 Å². The number of hydrogen-bond acceptors (Lipinski definition) is 3. The van der Waals surface area contributed by atoms with Crippen LogP contribution in [0.15, 0.2) is 18.2 Å². The number of nitrogens with zero attached hydrogens (tertiary/aromatic N) is 1. The summed E-state index contributed by atoms with van der Waals surface area (Å²) in [6.45, 7) is 6.01. The summed E-state index contributed by atoms with van der Waals surface area (Å²) in [6.07, 6.45) is 9.34. The molecule has 1 aromatic carbocycles. The summed E-state index contributed by atoms with van der Waals surface area (Å²) in [6, 6.07) is 4.88. The zero-order valence-corrected chi connectivity index (χ0v) is 19.4. The number of amides is 3. The van der Waals surface area contributed by atoms with Crippen LogP contribution in [0.5, 0.6) is 0 Å². The fourth-order valence-electron chi connectivity index (χ4n) is 3.64. The molecule has 0 fully saturated rings. The quantitative estimate of drug-likeness (QED) is 0.237. The largest absolute Gasteiger partial charge is 0.325 e. The third-order valence-electron chi connectivity index (χ3n) is 5.53. The lowest BCUT2D eigenvalue weighted by Crippen LogP contribution is -2.37. The number of carbonyl (C=O) groups is 3. The van der Waals surface area contributed by atoms with Crippen molar-refractivity contribution < 1.29 is 14.4 Å². The van der Waals surface area contributed by atoms with Crippen molar-refractivity contribution >= 4 is 39.3 Å². The van der Waals surface area contributed by atoms with Gasteiger partial charge in [-0.05, 0) is 31.9 Å². The van der Waals surface area contributed by atoms with Gasteiger partial charge in [0, 0.05) is 17.3 Å². The number of fused-ring (bicyclic) bond motifs is 1. The lowest BCUT2D eigenvalue weighted by atomic mass is 10.1. The first-order valence-corrected chi connectivity index (χ1v) is 11.8. The smallest absolute Gasteiger partial charge is 0.263 e. The molecule has 1 aliphatic heterocycles. The molecule has 1 heterocycles. The van der Waals surface area contributed by atoms with Crippen LogP contribution in [0.25, 0.3) is 0 Å². The van der Waals surface area contributed by atoms with E-state index < -0.39 is 0 Å². The normalized spacial score (nSPS) is 15.4. The fraction of sp³-hybridized carbons (Fsp3) is 0.609. The van der Waals surface area contributed by atoms with Crippen molar-refractivity contribution in [2.24, 2.45) is 0 Å². The molecule has 29 heavy (non-hydrogen) atoms. The molecule has 0 spiro atoms. The van der Waals surface area contributed by atoms with Crippen molar-refractivity contribution in [3.8, 4) is 0 Å². The first kappa shape index (κ1) is 23.6. The van der Waals surface area contributed by atoms with E-state index in [4.69, 9.17) is 0 Å². The van der Waals surface area contributed by atoms with Gasteiger partial charge in [-0.15, -0.1) is 0 Å². The summed E-state index contributed by atoms with van der Waals surface area (Å²) in [4.78, 5) is 39.4. The Morgan fingerprint density at radius 3 is 2.45 bits per heavy atom. The summed E-state index contributed by atoms with van der Waals surface area (Å²) in [7, 11) is 0. The number of unbranched alkanes of at least 4 members (excludes halogenated alkanes) is 5. The molecular formula is C23H33BrN2O3. The number of benzene rings is 1. The number of nitrogens with one attached hydrogen (secondary N) is 1. The second kappa shape index (κ2) is 11.5. The Hall–Kier alpha value is -1.69. The SMILES string of the molecule is CCCCCCCCC(Br)CC(=O)Nc1cccc2c1C(=O)N(C(C)CC)C2=O. The molecule has 1 N–H and O–H groups in total. The maximum Gasteiger partial charge on any atom is 0.263 e. The molecule has 0 radical (unpaired) electrons. The molecule has 5 nitrogen and oxygen atoms in total. The second-order valence-electron chi connectivity index (χ2n) is 7.87. The number of halogens is 1. The molecule has 3 amide bonds. The Morgan fingerprint density at radius 2 is 1.76 bits per heavy atom. The third-order valence-corrected chi connectivity index (χ3v) is 6.31. The molecule has 0 saturated carbocycles. The van der Waals surface area contributed by atoms with E-state index in [0.717, 1.165) is 12.8 Å². The lowest BCUT2D eigenvalue weighted by molar-refractivity contribution is -0.116. The summed E-state index contributed by atoms with van der Waals surface area (Å²) in [5.74, 6) is -0.747. The molecule has 2 unspecified atom stereocenters. The number of hydrogen-bond donors (Lipinski definition) is 1. The van der Waals surface area contributed by atoms with Crippen molar-refractivity contribution in [1.82, 2.24) is 4.90 Å². The average Bonchev–Trinajstić information content (AvgIpc) is 2.95. The van der Waals surface area contributed by atoms with Gasteiger partial charge in [-0.2, -0.15) is 0 Å². The Morgan fingerprint density at radius 1 is 1.07 bits per heavy atom. The van der Waals surface area contributed by atoms with Crippen molar-refractivity contribution in [2.75, 3.05) is 5.32 Å². The van der Waals surface area contributed by atoms with Gasteiger partial charge in [-0.25, -0.2) is 0 Å². The highest BCUT2D eigenvalue weighted by Gasteiger charge is 2.39. The van der Waals surface area contributed by atoms with Gasteiger partial charge >= 0.3 is 0 Å². The van der Waals surface area contributed by atoms with Gasteiger partial charge in [0.1, 0.15) is 0 Å². The number of anilines is 1. The van der Waals surface area contributed by atoms with Crippen LogP contribution in [0.3, 0.4) is 0 Å². The average molecular weight is 465 g/mol. The highest BCUT2D eigenvalue weighted by atomic mass is 79.9. The first-order chi connectivity index (χ1) is 13.9. The monoisotopic (exact) mass is 464 g/mol. The van der Waals surface area contributed by atoms with Crippen LogP contribution in [0.2, 0.25) is 0 Å². The molecule has 2 atom stereocenters. The summed E-state index contributed by atoms with van der Waals surface area (Å²) in [5.41, 5.74) is 1.11. The number of carbonyl (C=O) groups excluding carboxylic acids is 3. The van der Waals surface area contributed by atoms with Crippen LogP contribution >= 0.6 is 15.9 Å². The predicted molar refractivity (Wildman–Crippen MR) is 121 cm³/mol. The van der Waals surface area contributed by atoms with E-state index in [1.165, 1.54) is 37.0 Å². The summed E-state index contributed by atoms with van der Waals surface area (Å²) >= 11 is 3.61. The molecule has 6 heteroatoms. The lowest BCUT2D eigenvalue weighted by Gasteiger charge is -2.20. The molecular weight excluding hydrogens is 432 g/mol. The molecule has 0 bridgehead atoms. The van der Waals surface area contributed by atoms with Crippen LogP contribution in [-0.2, 0) is 4.79 Å². The number of rotatable bonds is 12. The highest BCUT2D eigenvalue weighted by Crippen LogP contribution is 2.31. The maximum absolute atomic E-state index is 12.8. The van der Waals surface area contributed by atoms with E-state index in [2.05, 4.69) is 28.2 Å². The summed E-state index contributed by atoms with van der Waals surface area (Å²) in [5, 5.41) is 2.85. The van der Waals surface area contributed by atoms with Crippen LogP contribution in [-0.4, -0.2) is 33.5 Å². The number of imide groups is 1. The van der Waals surface area contributed by atoms with Gasteiger partial charge in [0.25, 0.3) is 11.8 Å². The Balaban J connectivity index is 1.93. The van der Waals surface area contributed by atoms with Crippen LogP contribution in [0, 0.1) is 0 Å². The van der Waals surface area contributed by atoms with Crippen molar-refractivity contribution in [3.63, 3.8) is 0 Å². The van der Waals surface area contributed by atoms with E-state index in [1.54, 1.807) is 18.2 Å². The molecule has 2 rings (SSSR count). The van der Waals surface area contributed by atoms with E-state index >= 15 is 0 Å². The molecule has 0 aromatic heterocycles. The van der Waals surface area contributed by atoms with Gasteiger partial charge < -0.3 is 5.32 Å². The molecule has 0 saturated heterocycles. The van der Waals surface area contributed by atoms with Crippen molar-refractivity contribution in [1.29, 1.82) is 0 Å². The molecule has 160 valence electrons. The van der Waals surface area contributed by atoms with Crippen LogP contribution in [0.1, 0.15) is 99.3 Å². The van der Waals surface area contributed by atoms with Gasteiger partial charge in [0.2, 0.25) is 5.91 Å². The van der Waals surface area contributed by atoms with Gasteiger partial charge in [-0.3, -0.25) is 19.3 Å². The maximum atomic E-state index is 12.8. The standard InChI is InChI=1S/C23H33BrN2O3/c1-4-6-7-8-9-10-12-17(24)15-20(27)25-19-14-11-13-18-21(19)23(29)26(22(18)28)16(3)5-2/h11,13-14,16-17H,4-10,12,15H2,1-3H3,(H,25,27). The topological polar surface area (TPSA) is 66.5 Å². The minimum Gasteiger partial charge on any atom is -0.325 e. The van der Waals surface area contributed by atoms with Crippen molar-refractivity contribution in [3.05, 3.63) is 29.3 Å². The Labute approximate surface area is 182 Å². The minimum absolute atomic E-state index is 0.111. The zero-order valence-electron chi connectivity index (χ0n) is 17.8. The van der Waals surface area contributed by atoms with Crippen LogP contribution in [0.4, 0.5) is 5.69 Å². The van der Waals surface area contributed by atoms with Gasteiger partial charge in [0.05, 0.1) is 16.8 Å². The number of alkyl halides is 1. The fourth-order valence-corrected chi connectivity index (χ4v) is 4.26. The van der Waals surface area contributed by atoms with E-state index in [0.29, 0.717) is 29.7 Å². The van der Waals surface area contributed by atoms with Crippen LogP contribution < -0.4 is 5.32 Å². The van der Waals surface area contributed by atoms with Crippen molar-refractivity contribution in [2.45, 2.75) is 89.4 Å². The molecule has 1 aromatic rings. The van der Waals surface area contributed by atoms with Gasteiger partial charge in [0.15, 0.2) is 0 Å². The Kier molecular flexibility index (Phi) is 9.34. The molecule has 0 aliphatic carbocycles. The summed E-state index contributed by atoms with van der Waals surface area (Å²) < 4.78 is 0.